The Kier molecular flexibility index (Phi) is 3.79. The molecule has 2 aromatic rings. The highest BCUT2D eigenvalue weighted by Crippen LogP contribution is 2.29. The van der Waals surface area contributed by atoms with Crippen LogP contribution in [-0.4, -0.2) is 65.4 Å². The van der Waals surface area contributed by atoms with Crippen molar-refractivity contribution >= 4 is 16.6 Å². The molecule has 1 aromatic carbocycles. The standard InChI is InChI=1S/C17H22N4O2/c1-23-17-13-10-12(2-3-14(13)18-11-19-17)20-6-8-21(9-7-20)15-4-5-16(15)22/h2-3,10-11,15-16,22H,4-9H2,1H3. The van der Waals surface area contributed by atoms with E-state index in [1.165, 1.54) is 12.0 Å². The molecule has 2 fully saturated rings. The molecule has 23 heavy (non-hydrogen) atoms. The molecule has 1 saturated heterocycles. The van der Waals surface area contributed by atoms with E-state index in [1.54, 1.807) is 7.11 Å². The average Bonchev–Trinajstić information content (AvgIpc) is 2.60. The summed E-state index contributed by atoms with van der Waals surface area (Å²) in [5, 5.41) is 10.8. The number of aliphatic hydroxyl groups excluding tert-OH is 1. The van der Waals surface area contributed by atoms with Crippen LogP contribution in [0, 0.1) is 0 Å². The van der Waals surface area contributed by atoms with E-state index in [-0.39, 0.29) is 6.10 Å². The Morgan fingerprint density at radius 2 is 1.96 bits per heavy atom. The Balaban J connectivity index is 1.51. The number of benzene rings is 1. The summed E-state index contributed by atoms with van der Waals surface area (Å²) >= 11 is 0. The molecule has 1 aliphatic carbocycles. The Morgan fingerprint density at radius 1 is 1.13 bits per heavy atom. The predicted molar refractivity (Wildman–Crippen MR) is 88.9 cm³/mol. The monoisotopic (exact) mass is 314 g/mol. The molecular formula is C17H22N4O2. The summed E-state index contributed by atoms with van der Waals surface area (Å²) in [4.78, 5) is 13.3. The highest BCUT2D eigenvalue weighted by Gasteiger charge is 2.35. The minimum absolute atomic E-state index is 0.122. The second-order valence-electron chi connectivity index (χ2n) is 6.32. The van der Waals surface area contributed by atoms with Crippen LogP contribution < -0.4 is 9.64 Å². The van der Waals surface area contributed by atoms with E-state index in [4.69, 9.17) is 4.74 Å². The number of nitrogens with zero attached hydrogens (tertiary/aromatic N) is 4. The molecule has 1 aromatic heterocycles. The van der Waals surface area contributed by atoms with Gasteiger partial charge < -0.3 is 14.7 Å². The van der Waals surface area contributed by atoms with E-state index in [9.17, 15) is 5.11 Å². The number of rotatable bonds is 3. The molecule has 0 amide bonds. The Bertz CT molecular complexity index is 700. The van der Waals surface area contributed by atoms with Crippen molar-refractivity contribution in [2.45, 2.75) is 25.0 Å². The Morgan fingerprint density at radius 3 is 2.61 bits per heavy atom. The molecule has 2 heterocycles. The summed E-state index contributed by atoms with van der Waals surface area (Å²) in [6.07, 6.45) is 3.49. The molecule has 122 valence electrons. The zero-order valence-electron chi connectivity index (χ0n) is 13.4. The van der Waals surface area contributed by atoms with Crippen molar-refractivity contribution in [3.8, 4) is 5.88 Å². The largest absolute Gasteiger partial charge is 0.480 e. The van der Waals surface area contributed by atoms with Gasteiger partial charge in [0.1, 0.15) is 6.33 Å². The van der Waals surface area contributed by atoms with Crippen molar-refractivity contribution in [3.63, 3.8) is 0 Å². The number of ether oxygens (including phenoxy) is 1. The Labute approximate surface area is 135 Å². The smallest absolute Gasteiger partial charge is 0.224 e. The summed E-state index contributed by atoms with van der Waals surface area (Å²) in [6.45, 7) is 3.96. The van der Waals surface area contributed by atoms with Crippen molar-refractivity contribution in [1.82, 2.24) is 14.9 Å². The van der Waals surface area contributed by atoms with Gasteiger partial charge in [-0.15, -0.1) is 0 Å². The van der Waals surface area contributed by atoms with Crippen LogP contribution in [0.2, 0.25) is 0 Å². The average molecular weight is 314 g/mol. The van der Waals surface area contributed by atoms with Crippen molar-refractivity contribution in [1.29, 1.82) is 0 Å². The van der Waals surface area contributed by atoms with Crippen LogP contribution >= 0.6 is 0 Å². The molecule has 0 spiro atoms. The molecule has 6 nitrogen and oxygen atoms in total. The zero-order chi connectivity index (χ0) is 15.8. The molecule has 1 saturated carbocycles. The van der Waals surface area contributed by atoms with Gasteiger partial charge in [-0.25, -0.2) is 9.97 Å². The van der Waals surface area contributed by atoms with Crippen LogP contribution in [0.25, 0.3) is 10.9 Å². The minimum Gasteiger partial charge on any atom is -0.480 e. The van der Waals surface area contributed by atoms with Crippen LogP contribution in [0.4, 0.5) is 5.69 Å². The SMILES string of the molecule is COc1ncnc2ccc(N3CCN(C4CCC4O)CC3)cc12. The minimum atomic E-state index is -0.122. The second-order valence-corrected chi connectivity index (χ2v) is 6.32. The summed E-state index contributed by atoms with van der Waals surface area (Å²) < 4.78 is 5.35. The lowest BCUT2D eigenvalue weighted by Crippen LogP contribution is -2.57. The van der Waals surface area contributed by atoms with Gasteiger partial charge in [-0.2, -0.15) is 0 Å². The molecule has 0 radical (unpaired) electrons. The van der Waals surface area contributed by atoms with Gasteiger partial charge in [0.25, 0.3) is 0 Å². The predicted octanol–water partition coefficient (Wildman–Crippen LogP) is 1.28. The third-order valence-corrected chi connectivity index (χ3v) is 5.13. The Hall–Kier alpha value is -1.92. The van der Waals surface area contributed by atoms with Gasteiger partial charge in [0.15, 0.2) is 0 Å². The molecule has 1 aliphatic heterocycles. The van der Waals surface area contributed by atoms with Gasteiger partial charge in [-0.05, 0) is 31.0 Å². The summed E-state index contributed by atoms with van der Waals surface area (Å²) in [5.74, 6) is 0.619. The first-order valence-electron chi connectivity index (χ1n) is 8.22. The maximum Gasteiger partial charge on any atom is 0.224 e. The lowest BCUT2D eigenvalue weighted by Gasteiger charge is -2.46. The van der Waals surface area contributed by atoms with Crippen molar-refractivity contribution < 1.29 is 9.84 Å². The number of aromatic nitrogens is 2. The molecule has 2 atom stereocenters. The molecule has 2 unspecified atom stereocenters. The molecule has 2 aliphatic rings. The molecular weight excluding hydrogens is 292 g/mol. The number of anilines is 1. The van der Waals surface area contributed by atoms with Crippen molar-refractivity contribution in [2.75, 3.05) is 38.2 Å². The quantitative estimate of drug-likeness (QED) is 0.921. The van der Waals surface area contributed by atoms with Gasteiger partial charge in [0, 0.05) is 37.9 Å². The fourth-order valence-electron chi connectivity index (χ4n) is 3.58. The highest BCUT2D eigenvalue weighted by atomic mass is 16.5. The van der Waals surface area contributed by atoms with Crippen molar-refractivity contribution in [3.05, 3.63) is 24.5 Å². The number of fused-ring (bicyclic) bond motifs is 1. The second kappa shape index (κ2) is 5.94. The van der Waals surface area contributed by atoms with E-state index >= 15 is 0 Å². The third-order valence-electron chi connectivity index (χ3n) is 5.13. The van der Waals surface area contributed by atoms with E-state index < -0.39 is 0 Å². The van der Waals surface area contributed by atoms with E-state index in [2.05, 4.69) is 31.9 Å². The first-order chi connectivity index (χ1) is 11.3. The van der Waals surface area contributed by atoms with Gasteiger partial charge in [-0.3, -0.25) is 4.90 Å². The third kappa shape index (κ3) is 2.62. The topological polar surface area (TPSA) is 61.7 Å². The number of methoxy groups -OCH3 is 1. The lowest BCUT2D eigenvalue weighted by molar-refractivity contribution is -0.0229. The summed E-state index contributed by atoms with van der Waals surface area (Å²) in [6, 6.07) is 6.63. The van der Waals surface area contributed by atoms with E-state index in [0.29, 0.717) is 11.9 Å². The number of hydrogen-bond donors (Lipinski definition) is 1. The van der Waals surface area contributed by atoms with Crippen LogP contribution in [0.1, 0.15) is 12.8 Å². The van der Waals surface area contributed by atoms with E-state index in [0.717, 1.165) is 49.9 Å². The van der Waals surface area contributed by atoms with E-state index in [1.807, 2.05) is 6.07 Å². The summed E-state index contributed by atoms with van der Waals surface area (Å²) in [5.41, 5.74) is 2.08. The number of hydrogen-bond acceptors (Lipinski definition) is 6. The number of aliphatic hydroxyl groups is 1. The molecule has 0 bridgehead atoms. The summed E-state index contributed by atoms with van der Waals surface area (Å²) in [7, 11) is 1.64. The first-order valence-corrected chi connectivity index (χ1v) is 8.22. The number of piperazine rings is 1. The fourth-order valence-corrected chi connectivity index (χ4v) is 3.58. The normalized spacial score (nSPS) is 25.4. The molecule has 4 rings (SSSR count). The first kappa shape index (κ1) is 14.7. The fraction of sp³-hybridized carbons (Fsp3) is 0.529. The van der Waals surface area contributed by atoms with Crippen LogP contribution in [-0.2, 0) is 0 Å². The van der Waals surface area contributed by atoms with Crippen LogP contribution in [0.15, 0.2) is 24.5 Å². The van der Waals surface area contributed by atoms with Crippen LogP contribution in [0.5, 0.6) is 5.88 Å². The molecule has 6 heteroatoms. The zero-order valence-corrected chi connectivity index (χ0v) is 13.4. The van der Waals surface area contributed by atoms with Gasteiger partial charge >= 0.3 is 0 Å². The molecule has 1 N–H and O–H groups in total. The highest BCUT2D eigenvalue weighted by molar-refractivity contribution is 5.86. The maximum absolute atomic E-state index is 9.84. The van der Waals surface area contributed by atoms with Gasteiger partial charge in [0.05, 0.1) is 24.1 Å². The van der Waals surface area contributed by atoms with Crippen LogP contribution in [0.3, 0.4) is 0 Å². The lowest BCUT2D eigenvalue weighted by atomic mass is 9.87. The van der Waals surface area contributed by atoms with Gasteiger partial charge in [0.2, 0.25) is 5.88 Å². The van der Waals surface area contributed by atoms with Crippen molar-refractivity contribution in [2.24, 2.45) is 0 Å². The van der Waals surface area contributed by atoms with Gasteiger partial charge in [-0.1, -0.05) is 0 Å². The maximum atomic E-state index is 9.84.